The summed E-state index contributed by atoms with van der Waals surface area (Å²) in [6, 6.07) is 7.54. The maximum atomic E-state index is 13.8. The Morgan fingerprint density at radius 2 is 1.91 bits per heavy atom. The Bertz CT molecular complexity index is 596. The highest BCUT2D eigenvalue weighted by atomic mass is 19.1. The first kappa shape index (κ1) is 19.0. The van der Waals surface area contributed by atoms with E-state index in [1.54, 1.807) is 6.07 Å². The van der Waals surface area contributed by atoms with Crippen molar-refractivity contribution in [1.82, 2.24) is 0 Å². The number of nitrogens with zero attached hydrogens (tertiary/aromatic N) is 1. The fraction of sp³-hybridized carbons (Fsp3) is 0.500. The number of aliphatic imine (C=N–C) groups is 1. The summed E-state index contributed by atoms with van der Waals surface area (Å²) >= 11 is 0. The molecule has 0 aliphatic carbocycles. The molecule has 1 rings (SSSR count). The monoisotopic (exact) mass is 319 g/mol. The Morgan fingerprint density at radius 3 is 2.43 bits per heavy atom. The Labute approximate surface area is 137 Å². The number of nitrogens with one attached hydrogen (secondary N) is 2. The molecule has 0 spiro atoms. The van der Waals surface area contributed by atoms with Crippen LogP contribution in [0.15, 0.2) is 29.3 Å². The molecule has 4 nitrogen and oxygen atoms in total. The number of carbonyl (C=O) groups excluding carboxylic acids is 1. The van der Waals surface area contributed by atoms with Gasteiger partial charge in [-0.05, 0) is 36.8 Å². The summed E-state index contributed by atoms with van der Waals surface area (Å²) in [7, 11) is 1.28. The second-order valence-corrected chi connectivity index (χ2v) is 6.27. The van der Waals surface area contributed by atoms with E-state index in [0.29, 0.717) is 11.6 Å². The molecule has 2 atom stereocenters. The van der Waals surface area contributed by atoms with Crippen LogP contribution in [0.5, 0.6) is 0 Å². The lowest BCUT2D eigenvalue weighted by molar-refractivity contribution is -0.116. The lowest BCUT2D eigenvalue weighted by Gasteiger charge is -2.20. The molecule has 1 aromatic carbocycles. The lowest BCUT2D eigenvalue weighted by atomic mass is 9.90. The van der Waals surface area contributed by atoms with Crippen LogP contribution in [0.1, 0.15) is 45.6 Å². The Balaban J connectivity index is 3.04. The molecule has 0 saturated heterocycles. The van der Waals surface area contributed by atoms with Crippen molar-refractivity contribution in [2.24, 2.45) is 16.8 Å². The lowest BCUT2D eigenvalue weighted by Crippen LogP contribution is -2.33. The van der Waals surface area contributed by atoms with Crippen molar-refractivity contribution in [1.29, 1.82) is 5.41 Å². The van der Waals surface area contributed by atoms with Crippen LogP contribution in [0.3, 0.4) is 0 Å². The fourth-order valence-corrected chi connectivity index (χ4v) is 2.69. The topological polar surface area (TPSA) is 65.3 Å². The predicted octanol–water partition coefficient (Wildman–Crippen LogP) is 4.43. The normalized spacial score (nSPS) is 14.5. The molecule has 1 aromatic rings. The first-order valence-electron chi connectivity index (χ1n) is 7.84. The van der Waals surface area contributed by atoms with Crippen LogP contribution in [0.4, 0.5) is 10.1 Å². The molecule has 0 fully saturated rings. The van der Waals surface area contributed by atoms with Crippen molar-refractivity contribution >= 4 is 23.3 Å². The van der Waals surface area contributed by atoms with Crippen LogP contribution >= 0.6 is 0 Å². The highest BCUT2D eigenvalue weighted by Gasteiger charge is 2.27. The van der Waals surface area contributed by atoms with Crippen LogP contribution in [-0.4, -0.2) is 24.6 Å². The molecule has 126 valence electrons. The third-order valence-electron chi connectivity index (χ3n) is 3.72. The zero-order chi connectivity index (χ0) is 17.6. The SMILES string of the molecule is CN=C(F)C(C(C)=N)C(=O)Nc1ccccc1C(C)CC(C)C. The minimum atomic E-state index is -1.27. The van der Waals surface area contributed by atoms with Crippen molar-refractivity contribution in [3.05, 3.63) is 29.8 Å². The molecule has 2 N–H and O–H groups in total. The number of hydrogen-bond donors (Lipinski definition) is 2. The molecule has 0 aliphatic heterocycles. The molecular weight excluding hydrogens is 293 g/mol. The van der Waals surface area contributed by atoms with Crippen molar-refractivity contribution in [2.75, 3.05) is 12.4 Å². The van der Waals surface area contributed by atoms with E-state index in [1.165, 1.54) is 14.0 Å². The molecule has 0 bridgehead atoms. The summed E-state index contributed by atoms with van der Waals surface area (Å²) in [6.07, 6.45) is 0.991. The van der Waals surface area contributed by atoms with Crippen molar-refractivity contribution in [2.45, 2.75) is 40.0 Å². The first-order chi connectivity index (χ1) is 10.8. The fourth-order valence-electron chi connectivity index (χ4n) is 2.69. The van der Waals surface area contributed by atoms with Gasteiger partial charge in [-0.3, -0.25) is 9.79 Å². The quantitative estimate of drug-likeness (QED) is 0.717. The number of halogens is 1. The average molecular weight is 319 g/mol. The van der Waals surface area contributed by atoms with E-state index in [0.717, 1.165) is 12.0 Å². The third-order valence-corrected chi connectivity index (χ3v) is 3.72. The van der Waals surface area contributed by atoms with Crippen LogP contribution in [0.2, 0.25) is 0 Å². The largest absolute Gasteiger partial charge is 0.325 e. The zero-order valence-electron chi connectivity index (χ0n) is 14.5. The van der Waals surface area contributed by atoms with Gasteiger partial charge in [0.2, 0.25) is 11.9 Å². The summed E-state index contributed by atoms with van der Waals surface area (Å²) < 4.78 is 13.8. The maximum absolute atomic E-state index is 13.8. The van der Waals surface area contributed by atoms with Gasteiger partial charge in [-0.1, -0.05) is 39.0 Å². The van der Waals surface area contributed by atoms with Crippen molar-refractivity contribution < 1.29 is 9.18 Å². The molecule has 23 heavy (non-hydrogen) atoms. The first-order valence-corrected chi connectivity index (χ1v) is 7.84. The number of anilines is 1. The van der Waals surface area contributed by atoms with Gasteiger partial charge < -0.3 is 10.7 Å². The number of amides is 1. The van der Waals surface area contributed by atoms with Gasteiger partial charge in [-0.15, -0.1) is 0 Å². The summed E-state index contributed by atoms with van der Waals surface area (Å²) in [4.78, 5) is 15.8. The second-order valence-electron chi connectivity index (χ2n) is 6.27. The molecule has 0 saturated carbocycles. The molecular formula is C18H26FN3O. The van der Waals surface area contributed by atoms with Gasteiger partial charge in [0.05, 0.1) is 0 Å². The smallest absolute Gasteiger partial charge is 0.241 e. The van der Waals surface area contributed by atoms with E-state index in [2.05, 4.69) is 31.1 Å². The van der Waals surface area contributed by atoms with Gasteiger partial charge >= 0.3 is 0 Å². The Hall–Kier alpha value is -2.04. The van der Waals surface area contributed by atoms with E-state index in [1.807, 2.05) is 18.2 Å². The summed E-state index contributed by atoms with van der Waals surface area (Å²) in [6.45, 7) is 7.82. The molecule has 0 heterocycles. The van der Waals surface area contributed by atoms with Crippen LogP contribution in [0.25, 0.3) is 0 Å². The molecule has 5 heteroatoms. The minimum absolute atomic E-state index is 0.0710. The maximum Gasteiger partial charge on any atom is 0.241 e. The van der Waals surface area contributed by atoms with Gasteiger partial charge in [0.15, 0.2) is 0 Å². The molecule has 1 amide bonds. The second kappa shape index (κ2) is 8.56. The zero-order valence-corrected chi connectivity index (χ0v) is 14.5. The molecule has 0 aromatic heterocycles. The summed E-state index contributed by atoms with van der Waals surface area (Å²) in [5.74, 6) is -1.87. The van der Waals surface area contributed by atoms with Gasteiger partial charge in [-0.25, -0.2) is 0 Å². The number of hydrogen-bond acceptors (Lipinski definition) is 3. The van der Waals surface area contributed by atoms with Gasteiger partial charge in [0.1, 0.15) is 5.92 Å². The molecule has 0 aliphatic rings. The predicted molar refractivity (Wildman–Crippen MR) is 94.3 cm³/mol. The van der Waals surface area contributed by atoms with E-state index >= 15 is 0 Å². The van der Waals surface area contributed by atoms with Gasteiger partial charge in [-0.2, -0.15) is 4.39 Å². The summed E-state index contributed by atoms with van der Waals surface area (Å²) in [5, 5.41) is 10.4. The van der Waals surface area contributed by atoms with E-state index in [4.69, 9.17) is 5.41 Å². The van der Waals surface area contributed by atoms with Crippen LogP contribution in [-0.2, 0) is 4.79 Å². The van der Waals surface area contributed by atoms with Gasteiger partial charge in [0, 0.05) is 18.4 Å². The van der Waals surface area contributed by atoms with E-state index in [9.17, 15) is 9.18 Å². The van der Waals surface area contributed by atoms with Crippen LogP contribution in [0, 0.1) is 17.2 Å². The third kappa shape index (κ3) is 5.27. The van der Waals surface area contributed by atoms with Crippen molar-refractivity contribution in [3.63, 3.8) is 0 Å². The number of para-hydroxylation sites is 1. The van der Waals surface area contributed by atoms with Gasteiger partial charge in [0.25, 0.3) is 0 Å². The standard InChI is InChI=1S/C18H26FN3O/c1-11(2)10-12(3)14-8-6-7-9-15(14)22-18(23)16(13(4)20)17(19)21-5/h6-9,11-12,16,20H,10H2,1-5H3,(H,22,23). The van der Waals surface area contributed by atoms with Crippen LogP contribution < -0.4 is 5.32 Å². The number of carbonyl (C=O) groups is 1. The highest BCUT2D eigenvalue weighted by Crippen LogP contribution is 2.29. The Morgan fingerprint density at radius 1 is 1.30 bits per heavy atom. The van der Waals surface area contributed by atoms with E-state index in [-0.39, 0.29) is 11.6 Å². The Kier molecular flexibility index (Phi) is 7.07. The summed E-state index contributed by atoms with van der Waals surface area (Å²) in [5.41, 5.74) is 1.61. The molecule has 2 unspecified atom stereocenters. The van der Waals surface area contributed by atoms with Crippen molar-refractivity contribution in [3.8, 4) is 0 Å². The van der Waals surface area contributed by atoms with E-state index < -0.39 is 17.8 Å². The minimum Gasteiger partial charge on any atom is -0.325 e. The highest BCUT2D eigenvalue weighted by molar-refractivity contribution is 6.21. The average Bonchev–Trinajstić information content (AvgIpc) is 2.46. The number of benzene rings is 1. The number of rotatable bonds is 7. The molecule has 0 radical (unpaired) electrons.